The van der Waals surface area contributed by atoms with Gasteiger partial charge in [-0.2, -0.15) is 4.31 Å². The molecule has 3 rings (SSSR count). The molecule has 0 aliphatic carbocycles. The number of piperazine rings is 1. The molecule has 190 valence electrons. The molecule has 0 radical (unpaired) electrons. The summed E-state index contributed by atoms with van der Waals surface area (Å²) in [5.74, 6) is -1.31. The van der Waals surface area contributed by atoms with Crippen molar-refractivity contribution in [2.75, 3.05) is 52.4 Å². The maximum atomic E-state index is 14.4. The van der Waals surface area contributed by atoms with E-state index in [1.165, 1.54) is 10.4 Å². The van der Waals surface area contributed by atoms with Gasteiger partial charge in [0.15, 0.2) is 0 Å². The van der Waals surface area contributed by atoms with Crippen LogP contribution in [-0.2, 0) is 14.8 Å². The summed E-state index contributed by atoms with van der Waals surface area (Å²) in [5, 5.41) is 2.77. The number of benzene rings is 1. The normalized spacial score (nSPS) is 18.5. The van der Waals surface area contributed by atoms with Gasteiger partial charge in [-0.1, -0.05) is 6.42 Å². The standard InChI is InChI=1S/C23H35FN4O5S/c1-23(2,3)33-22(30)27-15-13-26(14-16-27)12-9-25-21(29)18-7-8-19(24)20(17-18)34(31,32)28-10-5-4-6-11-28/h7-8,17H,4-6,9-16H2,1-3H3,(H,25,29). The van der Waals surface area contributed by atoms with Gasteiger partial charge in [0, 0.05) is 57.9 Å². The molecular formula is C23H35FN4O5S. The number of halogens is 1. The minimum absolute atomic E-state index is 0.103. The fourth-order valence-corrected chi connectivity index (χ4v) is 5.60. The monoisotopic (exact) mass is 498 g/mol. The van der Waals surface area contributed by atoms with E-state index < -0.39 is 32.2 Å². The zero-order chi connectivity index (χ0) is 24.9. The van der Waals surface area contributed by atoms with Crippen LogP contribution >= 0.6 is 0 Å². The lowest BCUT2D eigenvalue weighted by molar-refractivity contribution is 0.0147. The van der Waals surface area contributed by atoms with E-state index in [9.17, 15) is 22.4 Å². The smallest absolute Gasteiger partial charge is 0.410 e. The van der Waals surface area contributed by atoms with E-state index >= 15 is 0 Å². The summed E-state index contributed by atoms with van der Waals surface area (Å²) in [4.78, 5) is 28.1. The van der Waals surface area contributed by atoms with Gasteiger partial charge >= 0.3 is 6.09 Å². The SMILES string of the molecule is CC(C)(C)OC(=O)N1CCN(CCNC(=O)c2ccc(F)c(S(=O)(=O)N3CCCCC3)c2)CC1. The Morgan fingerprint density at radius 2 is 1.68 bits per heavy atom. The number of ether oxygens (including phenoxy) is 1. The number of carbonyl (C=O) groups is 2. The maximum absolute atomic E-state index is 14.4. The number of carbonyl (C=O) groups excluding carboxylic acids is 2. The third kappa shape index (κ3) is 6.89. The molecule has 2 saturated heterocycles. The van der Waals surface area contributed by atoms with Crippen molar-refractivity contribution >= 4 is 22.0 Å². The highest BCUT2D eigenvalue weighted by Crippen LogP contribution is 2.24. The number of sulfonamides is 1. The third-order valence-electron chi connectivity index (χ3n) is 5.86. The van der Waals surface area contributed by atoms with Gasteiger partial charge in [0.2, 0.25) is 10.0 Å². The molecule has 2 aliphatic rings. The van der Waals surface area contributed by atoms with Crippen LogP contribution in [0.5, 0.6) is 0 Å². The number of nitrogens with one attached hydrogen (secondary N) is 1. The van der Waals surface area contributed by atoms with Crippen LogP contribution in [0.25, 0.3) is 0 Å². The topological polar surface area (TPSA) is 99.3 Å². The quantitative estimate of drug-likeness (QED) is 0.646. The molecule has 0 atom stereocenters. The Labute approximate surface area is 201 Å². The van der Waals surface area contributed by atoms with E-state index in [0.717, 1.165) is 31.4 Å². The van der Waals surface area contributed by atoms with Crippen molar-refractivity contribution < 1.29 is 27.1 Å². The molecule has 1 aromatic carbocycles. The largest absolute Gasteiger partial charge is 0.444 e. The highest BCUT2D eigenvalue weighted by atomic mass is 32.2. The number of hydrogen-bond acceptors (Lipinski definition) is 6. The predicted molar refractivity (Wildman–Crippen MR) is 126 cm³/mol. The first-order valence-electron chi connectivity index (χ1n) is 11.8. The molecule has 2 amide bonds. The van der Waals surface area contributed by atoms with Crippen LogP contribution in [0, 0.1) is 5.82 Å². The molecule has 1 N–H and O–H groups in total. The molecule has 2 fully saturated rings. The van der Waals surface area contributed by atoms with E-state index in [0.29, 0.717) is 52.4 Å². The highest BCUT2D eigenvalue weighted by molar-refractivity contribution is 7.89. The van der Waals surface area contributed by atoms with Crippen LogP contribution in [0.2, 0.25) is 0 Å². The lowest BCUT2D eigenvalue weighted by atomic mass is 10.2. The molecule has 0 unspecified atom stereocenters. The van der Waals surface area contributed by atoms with Crippen molar-refractivity contribution in [2.45, 2.75) is 50.5 Å². The Morgan fingerprint density at radius 3 is 2.29 bits per heavy atom. The van der Waals surface area contributed by atoms with Crippen LogP contribution in [-0.4, -0.2) is 92.5 Å². The minimum atomic E-state index is -3.98. The predicted octanol–water partition coefficient (Wildman–Crippen LogP) is 2.28. The van der Waals surface area contributed by atoms with E-state index in [1.54, 1.807) is 4.90 Å². The summed E-state index contributed by atoms with van der Waals surface area (Å²) in [6.07, 6.45) is 2.11. The summed E-state index contributed by atoms with van der Waals surface area (Å²) >= 11 is 0. The Morgan fingerprint density at radius 1 is 1.03 bits per heavy atom. The molecule has 11 heteroatoms. The zero-order valence-electron chi connectivity index (χ0n) is 20.2. The fraction of sp³-hybridized carbons (Fsp3) is 0.652. The Bertz CT molecular complexity index is 982. The van der Waals surface area contributed by atoms with Crippen LogP contribution < -0.4 is 5.32 Å². The van der Waals surface area contributed by atoms with Gasteiger partial charge in [-0.3, -0.25) is 9.69 Å². The number of piperidine rings is 1. The molecular weight excluding hydrogens is 463 g/mol. The molecule has 0 spiro atoms. The first-order chi connectivity index (χ1) is 16.0. The zero-order valence-corrected chi connectivity index (χ0v) is 21.0. The minimum Gasteiger partial charge on any atom is -0.444 e. The number of nitrogens with zero attached hydrogens (tertiary/aromatic N) is 3. The first kappa shape index (κ1) is 26.4. The van der Waals surface area contributed by atoms with E-state index in [-0.39, 0.29) is 11.7 Å². The number of rotatable bonds is 6. The Kier molecular flexibility index (Phi) is 8.53. The van der Waals surface area contributed by atoms with Gasteiger partial charge in [0.1, 0.15) is 16.3 Å². The molecule has 34 heavy (non-hydrogen) atoms. The average molecular weight is 499 g/mol. The summed E-state index contributed by atoms with van der Waals surface area (Å²) in [6.45, 7) is 9.53. The van der Waals surface area contributed by atoms with Gasteiger partial charge in [-0.25, -0.2) is 17.6 Å². The van der Waals surface area contributed by atoms with Crippen LogP contribution in [0.15, 0.2) is 23.1 Å². The van der Waals surface area contributed by atoms with Crippen molar-refractivity contribution in [3.8, 4) is 0 Å². The Hall–Kier alpha value is -2.24. The summed E-state index contributed by atoms with van der Waals surface area (Å²) in [6, 6.07) is 3.44. The second kappa shape index (κ2) is 11.0. The molecule has 0 bridgehead atoms. The van der Waals surface area contributed by atoms with Gasteiger partial charge in [-0.05, 0) is 51.8 Å². The summed E-state index contributed by atoms with van der Waals surface area (Å²) in [5.41, 5.74) is -0.432. The average Bonchev–Trinajstić information content (AvgIpc) is 2.79. The molecule has 1 aromatic rings. The van der Waals surface area contributed by atoms with Crippen molar-refractivity contribution in [1.82, 2.24) is 19.4 Å². The second-order valence-corrected chi connectivity index (χ2v) is 11.6. The maximum Gasteiger partial charge on any atom is 0.410 e. The van der Waals surface area contributed by atoms with Crippen molar-refractivity contribution in [2.24, 2.45) is 0 Å². The lowest BCUT2D eigenvalue weighted by Crippen LogP contribution is -2.51. The van der Waals surface area contributed by atoms with E-state index in [4.69, 9.17) is 4.74 Å². The number of amides is 2. The van der Waals surface area contributed by atoms with Crippen LogP contribution in [0.4, 0.5) is 9.18 Å². The van der Waals surface area contributed by atoms with Crippen molar-refractivity contribution in [3.63, 3.8) is 0 Å². The summed E-state index contributed by atoms with van der Waals surface area (Å²) < 4.78 is 46.8. The molecule has 9 nitrogen and oxygen atoms in total. The Balaban J connectivity index is 1.50. The van der Waals surface area contributed by atoms with Gasteiger partial charge < -0.3 is 15.0 Å². The van der Waals surface area contributed by atoms with Gasteiger partial charge in [0.25, 0.3) is 5.91 Å². The van der Waals surface area contributed by atoms with Crippen molar-refractivity contribution in [3.05, 3.63) is 29.6 Å². The molecule has 0 aromatic heterocycles. The van der Waals surface area contributed by atoms with Gasteiger partial charge in [-0.15, -0.1) is 0 Å². The van der Waals surface area contributed by atoms with E-state index in [1.807, 2.05) is 20.8 Å². The number of hydrogen-bond donors (Lipinski definition) is 1. The molecule has 0 saturated carbocycles. The second-order valence-electron chi connectivity index (χ2n) is 9.67. The fourth-order valence-electron chi connectivity index (χ4n) is 4.00. The summed E-state index contributed by atoms with van der Waals surface area (Å²) in [7, 11) is -3.98. The molecule has 2 heterocycles. The first-order valence-corrected chi connectivity index (χ1v) is 13.2. The highest BCUT2D eigenvalue weighted by Gasteiger charge is 2.30. The lowest BCUT2D eigenvalue weighted by Gasteiger charge is -2.35. The van der Waals surface area contributed by atoms with Crippen LogP contribution in [0.1, 0.15) is 50.4 Å². The van der Waals surface area contributed by atoms with Crippen molar-refractivity contribution in [1.29, 1.82) is 0 Å². The molecule has 2 aliphatic heterocycles. The van der Waals surface area contributed by atoms with E-state index in [2.05, 4.69) is 10.2 Å². The van der Waals surface area contributed by atoms with Crippen LogP contribution in [0.3, 0.4) is 0 Å². The van der Waals surface area contributed by atoms with Gasteiger partial charge in [0.05, 0.1) is 0 Å². The third-order valence-corrected chi connectivity index (χ3v) is 7.78.